The Morgan fingerprint density at radius 3 is 2.37 bits per heavy atom. The first-order valence-corrected chi connectivity index (χ1v) is 6.19. The summed E-state index contributed by atoms with van der Waals surface area (Å²) in [6.07, 6.45) is 3.27. The normalized spacial score (nSPS) is 11.1. The third-order valence-electron chi connectivity index (χ3n) is 2.48. The molecule has 0 aliphatic carbocycles. The summed E-state index contributed by atoms with van der Waals surface area (Å²) in [5, 5.41) is 0. The van der Waals surface area contributed by atoms with Crippen molar-refractivity contribution in [1.29, 1.82) is 0 Å². The Balaban J connectivity index is 2.28. The van der Waals surface area contributed by atoms with Crippen LogP contribution in [0.25, 0.3) is 11.1 Å². The monoisotopic (exact) mass is 255 g/mol. The molecule has 0 atom stereocenters. The van der Waals surface area contributed by atoms with Crippen molar-refractivity contribution in [2.24, 2.45) is 0 Å². The van der Waals surface area contributed by atoms with Gasteiger partial charge in [0.05, 0.1) is 5.56 Å². The van der Waals surface area contributed by atoms with Gasteiger partial charge in [-0.2, -0.15) is 0 Å². The highest BCUT2D eigenvalue weighted by Crippen LogP contribution is 2.20. The highest BCUT2D eigenvalue weighted by atomic mass is 16.6. The predicted octanol–water partition coefficient (Wildman–Crippen LogP) is 3.70. The first-order chi connectivity index (χ1) is 8.96. The van der Waals surface area contributed by atoms with E-state index in [4.69, 9.17) is 4.74 Å². The number of ether oxygens (including phenoxy) is 1. The molecule has 0 radical (unpaired) electrons. The minimum absolute atomic E-state index is 0.349. The van der Waals surface area contributed by atoms with Crippen LogP contribution in [0.5, 0.6) is 0 Å². The van der Waals surface area contributed by atoms with E-state index in [-0.39, 0.29) is 5.97 Å². The summed E-state index contributed by atoms with van der Waals surface area (Å²) in [5.41, 5.74) is 1.90. The van der Waals surface area contributed by atoms with Gasteiger partial charge in [-0.1, -0.05) is 30.3 Å². The van der Waals surface area contributed by atoms with Crippen LogP contribution in [0.2, 0.25) is 0 Å². The standard InChI is InChI=1S/C16H17NO2/c1-16(2,3)19-15(18)14-9-13(10-17-11-14)12-7-5-4-6-8-12/h4-11H,1-3H3. The van der Waals surface area contributed by atoms with Crippen molar-refractivity contribution >= 4 is 5.97 Å². The van der Waals surface area contributed by atoms with Gasteiger partial charge in [-0.25, -0.2) is 4.79 Å². The molecule has 0 aliphatic rings. The second kappa shape index (κ2) is 5.22. The van der Waals surface area contributed by atoms with E-state index < -0.39 is 5.60 Å². The largest absolute Gasteiger partial charge is 0.456 e. The van der Waals surface area contributed by atoms with Gasteiger partial charge in [0, 0.05) is 18.0 Å². The van der Waals surface area contributed by atoms with E-state index >= 15 is 0 Å². The van der Waals surface area contributed by atoms with Gasteiger partial charge in [0.2, 0.25) is 0 Å². The van der Waals surface area contributed by atoms with E-state index in [1.807, 2.05) is 51.1 Å². The second-order valence-corrected chi connectivity index (χ2v) is 5.33. The lowest BCUT2D eigenvalue weighted by atomic mass is 10.1. The second-order valence-electron chi connectivity index (χ2n) is 5.33. The van der Waals surface area contributed by atoms with E-state index in [1.165, 1.54) is 6.20 Å². The quantitative estimate of drug-likeness (QED) is 0.768. The van der Waals surface area contributed by atoms with Gasteiger partial charge in [0.15, 0.2) is 0 Å². The number of esters is 1. The van der Waals surface area contributed by atoms with Gasteiger partial charge in [-0.15, -0.1) is 0 Å². The maximum atomic E-state index is 12.0. The Labute approximate surface area is 113 Å². The molecule has 2 rings (SSSR count). The minimum atomic E-state index is -0.500. The highest BCUT2D eigenvalue weighted by Gasteiger charge is 2.18. The number of nitrogens with zero attached hydrogens (tertiary/aromatic N) is 1. The Bertz CT molecular complexity index is 571. The number of carbonyl (C=O) groups excluding carboxylic acids is 1. The Kier molecular flexibility index (Phi) is 3.65. The van der Waals surface area contributed by atoms with Crippen LogP contribution >= 0.6 is 0 Å². The van der Waals surface area contributed by atoms with Crippen LogP contribution in [0.1, 0.15) is 31.1 Å². The van der Waals surface area contributed by atoms with Crippen molar-refractivity contribution in [3.05, 3.63) is 54.4 Å². The van der Waals surface area contributed by atoms with Crippen LogP contribution in [0.15, 0.2) is 48.8 Å². The maximum Gasteiger partial charge on any atom is 0.340 e. The summed E-state index contributed by atoms with van der Waals surface area (Å²) in [5.74, 6) is -0.349. The SMILES string of the molecule is CC(C)(C)OC(=O)c1cncc(-c2ccccc2)c1. The van der Waals surface area contributed by atoms with Gasteiger partial charge in [-0.3, -0.25) is 4.98 Å². The summed E-state index contributed by atoms with van der Waals surface area (Å²) in [7, 11) is 0. The zero-order chi connectivity index (χ0) is 13.9. The van der Waals surface area contributed by atoms with Gasteiger partial charge >= 0.3 is 5.97 Å². The molecule has 0 aliphatic heterocycles. The topological polar surface area (TPSA) is 39.2 Å². The fourth-order valence-corrected chi connectivity index (χ4v) is 1.68. The van der Waals surface area contributed by atoms with E-state index in [9.17, 15) is 4.79 Å². The molecule has 0 saturated heterocycles. The van der Waals surface area contributed by atoms with Crippen molar-refractivity contribution in [2.75, 3.05) is 0 Å². The Morgan fingerprint density at radius 2 is 1.74 bits per heavy atom. The number of aromatic nitrogens is 1. The molecule has 1 aromatic carbocycles. The third kappa shape index (κ3) is 3.65. The molecule has 0 unspecified atom stereocenters. The summed E-state index contributed by atoms with van der Waals surface area (Å²) in [6.45, 7) is 5.54. The van der Waals surface area contributed by atoms with Crippen molar-refractivity contribution in [3.8, 4) is 11.1 Å². The van der Waals surface area contributed by atoms with Crippen LogP contribution in [0, 0.1) is 0 Å². The summed E-state index contributed by atoms with van der Waals surface area (Å²) in [6, 6.07) is 11.6. The van der Waals surface area contributed by atoms with Gasteiger partial charge in [0.25, 0.3) is 0 Å². The summed E-state index contributed by atoms with van der Waals surface area (Å²) in [4.78, 5) is 16.1. The molecule has 1 heterocycles. The van der Waals surface area contributed by atoms with E-state index in [2.05, 4.69) is 4.98 Å². The predicted molar refractivity (Wildman–Crippen MR) is 74.8 cm³/mol. The number of carbonyl (C=O) groups is 1. The lowest BCUT2D eigenvalue weighted by Crippen LogP contribution is -2.23. The molecule has 0 bridgehead atoms. The third-order valence-corrected chi connectivity index (χ3v) is 2.48. The number of pyridine rings is 1. The van der Waals surface area contributed by atoms with Gasteiger partial charge < -0.3 is 4.74 Å². The fourth-order valence-electron chi connectivity index (χ4n) is 1.68. The Hall–Kier alpha value is -2.16. The number of benzene rings is 1. The Morgan fingerprint density at radius 1 is 1.05 bits per heavy atom. The molecule has 19 heavy (non-hydrogen) atoms. The average molecular weight is 255 g/mol. The molecule has 0 fully saturated rings. The number of hydrogen-bond donors (Lipinski definition) is 0. The summed E-state index contributed by atoms with van der Waals surface area (Å²) >= 11 is 0. The maximum absolute atomic E-state index is 12.0. The van der Waals surface area contributed by atoms with Crippen LogP contribution < -0.4 is 0 Å². The van der Waals surface area contributed by atoms with Crippen LogP contribution in [0.4, 0.5) is 0 Å². The van der Waals surface area contributed by atoms with Crippen molar-refractivity contribution in [3.63, 3.8) is 0 Å². The molecule has 0 N–H and O–H groups in total. The molecular formula is C16H17NO2. The lowest BCUT2D eigenvalue weighted by molar-refractivity contribution is 0.00691. The molecular weight excluding hydrogens is 238 g/mol. The van der Waals surface area contributed by atoms with E-state index in [0.717, 1.165) is 11.1 Å². The van der Waals surface area contributed by atoms with Crippen LogP contribution in [-0.4, -0.2) is 16.6 Å². The average Bonchev–Trinajstić information content (AvgIpc) is 2.38. The van der Waals surface area contributed by atoms with Crippen molar-refractivity contribution < 1.29 is 9.53 Å². The van der Waals surface area contributed by atoms with E-state index in [0.29, 0.717) is 5.56 Å². The molecule has 1 aromatic heterocycles. The summed E-state index contributed by atoms with van der Waals surface area (Å²) < 4.78 is 5.34. The van der Waals surface area contributed by atoms with Crippen molar-refractivity contribution in [2.45, 2.75) is 26.4 Å². The lowest BCUT2D eigenvalue weighted by Gasteiger charge is -2.19. The van der Waals surface area contributed by atoms with Crippen LogP contribution in [-0.2, 0) is 4.74 Å². The van der Waals surface area contributed by atoms with Crippen molar-refractivity contribution in [1.82, 2.24) is 4.98 Å². The molecule has 0 saturated carbocycles. The highest BCUT2D eigenvalue weighted by molar-refractivity contribution is 5.90. The fraction of sp³-hybridized carbons (Fsp3) is 0.250. The van der Waals surface area contributed by atoms with Gasteiger partial charge in [-0.05, 0) is 32.4 Å². The van der Waals surface area contributed by atoms with Crippen LogP contribution in [0.3, 0.4) is 0 Å². The molecule has 98 valence electrons. The minimum Gasteiger partial charge on any atom is -0.456 e. The number of rotatable bonds is 2. The number of hydrogen-bond acceptors (Lipinski definition) is 3. The smallest absolute Gasteiger partial charge is 0.340 e. The zero-order valence-corrected chi connectivity index (χ0v) is 11.4. The zero-order valence-electron chi connectivity index (χ0n) is 11.4. The molecule has 3 heteroatoms. The molecule has 3 nitrogen and oxygen atoms in total. The first kappa shape index (κ1) is 13.3. The van der Waals surface area contributed by atoms with Gasteiger partial charge in [0.1, 0.15) is 5.60 Å². The molecule has 0 amide bonds. The molecule has 2 aromatic rings. The van der Waals surface area contributed by atoms with E-state index in [1.54, 1.807) is 12.3 Å². The first-order valence-electron chi connectivity index (χ1n) is 6.19. The molecule has 0 spiro atoms.